The number of aromatic nitrogens is 4. The molecule has 28 heavy (non-hydrogen) atoms. The standard InChI is InChI=1S/C16H24N5O6P/c1-3-26-28(24,27-4-2)7-5-6-16(23)8-25-15(12(16)22)21-10-20-11-13(17)18-9-19-14(11)21/h5-6,9-10,12,15,22-23H,3-4,7-8H2,1-2H3,(H2,17,18,19)/b6-5+/t12-,15+,16+/m0/s1. The molecule has 0 spiro atoms. The van der Waals surface area contributed by atoms with Gasteiger partial charge < -0.3 is 29.7 Å². The lowest BCUT2D eigenvalue weighted by molar-refractivity contribution is -0.0357. The summed E-state index contributed by atoms with van der Waals surface area (Å²) in [5.41, 5.74) is 4.83. The Morgan fingerprint density at radius 3 is 2.79 bits per heavy atom. The lowest BCUT2D eigenvalue weighted by atomic mass is 9.98. The number of aliphatic hydroxyl groups excluding tert-OH is 1. The van der Waals surface area contributed by atoms with Gasteiger partial charge in [-0.1, -0.05) is 12.2 Å². The highest BCUT2D eigenvalue weighted by molar-refractivity contribution is 7.54. The average molecular weight is 413 g/mol. The number of allylic oxidation sites excluding steroid dienone is 1. The van der Waals surface area contributed by atoms with Gasteiger partial charge in [0.05, 0.1) is 32.3 Å². The van der Waals surface area contributed by atoms with E-state index in [0.717, 1.165) is 0 Å². The van der Waals surface area contributed by atoms with E-state index in [0.29, 0.717) is 11.2 Å². The van der Waals surface area contributed by atoms with Crippen molar-refractivity contribution in [2.24, 2.45) is 0 Å². The molecule has 3 atom stereocenters. The van der Waals surface area contributed by atoms with Gasteiger partial charge in [0.1, 0.15) is 23.5 Å². The molecule has 3 rings (SSSR count). The summed E-state index contributed by atoms with van der Waals surface area (Å²) >= 11 is 0. The Hall–Kier alpha value is -1.88. The number of anilines is 1. The van der Waals surface area contributed by atoms with Crippen molar-refractivity contribution in [2.75, 3.05) is 31.7 Å². The van der Waals surface area contributed by atoms with Gasteiger partial charge in [-0.25, -0.2) is 15.0 Å². The van der Waals surface area contributed by atoms with Crippen LogP contribution >= 0.6 is 7.60 Å². The largest absolute Gasteiger partial charge is 0.385 e. The maximum absolute atomic E-state index is 12.5. The van der Waals surface area contributed by atoms with Gasteiger partial charge in [-0.3, -0.25) is 9.13 Å². The first-order chi connectivity index (χ1) is 13.3. The minimum Gasteiger partial charge on any atom is -0.385 e. The molecule has 2 aromatic rings. The van der Waals surface area contributed by atoms with Crippen LogP contribution in [0.2, 0.25) is 0 Å². The Bertz CT molecular complexity index is 895. The molecule has 2 aromatic heterocycles. The second kappa shape index (κ2) is 8.24. The fourth-order valence-electron chi connectivity index (χ4n) is 3.00. The van der Waals surface area contributed by atoms with Crippen molar-refractivity contribution >= 4 is 24.6 Å². The fraction of sp³-hybridized carbons (Fsp3) is 0.562. The third-order valence-electron chi connectivity index (χ3n) is 4.32. The van der Waals surface area contributed by atoms with Crippen LogP contribution in [0.1, 0.15) is 20.1 Å². The Labute approximate surface area is 161 Å². The molecule has 3 heterocycles. The van der Waals surface area contributed by atoms with Gasteiger partial charge in [-0.05, 0) is 13.8 Å². The van der Waals surface area contributed by atoms with Crippen molar-refractivity contribution in [3.05, 3.63) is 24.8 Å². The molecule has 1 aliphatic heterocycles. The molecule has 0 unspecified atom stereocenters. The Morgan fingerprint density at radius 2 is 2.11 bits per heavy atom. The SMILES string of the molecule is CCOP(=O)(C/C=C/[C@@]1(O)CO[C@@H](n2cnc3c(N)ncnc32)[C@@H]1O)OCC. The molecule has 1 saturated heterocycles. The second-order valence-electron chi connectivity index (χ2n) is 6.25. The van der Waals surface area contributed by atoms with Crippen LogP contribution in [0.25, 0.3) is 11.2 Å². The van der Waals surface area contributed by atoms with Gasteiger partial charge in [0.25, 0.3) is 0 Å². The van der Waals surface area contributed by atoms with E-state index >= 15 is 0 Å². The van der Waals surface area contributed by atoms with E-state index in [9.17, 15) is 14.8 Å². The van der Waals surface area contributed by atoms with Gasteiger partial charge >= 0.3 is 7.60 Å². The number of nitrogens with two attached hydrogens (primary N) is 1. The number of nitrogens with zero attached hydrogens (tertiary/aromatic N) is 4. The third-order valence-corrected chi connectivity index (χ3v) is 6.28. The van der Waals surface area contributed by atoms with E-state index in [1.165, 1.54) is 29.4 Å². The third kappa shape index (κ3) is 3.95. The van der Waals surface area contributed by atoms with E-state index in [1.54, 1.807) is 13.8 Å². The average Bonchev–Trinajstić information content (AvgIpc) is 3.19. The normalized spacial score (nSPS) is 25.9. The van der Waals surface area contributed by atoms with Crippen molar-refractivity contribution in [1.82, 2.24) is 19.5 Å². The van der Waals surface area contributed by atoms with Crippen LogP contribution < -0.4 is 5.73 Å². The topological polar surface area (TPSA) is 155 Å². The molecule has 1 fully saturated rings. The summed E-state index contributed by atoms with van der Waals surface area (Å²) in [7, 11) is -3.29. The van der Waals surface area contributed by atoms with Gasteiger partial charge in [0.2, 0.25) is 0 Å². The van der Waals surface area contributed by atoms with Crippen LogP contribution in [-0.2, 0) is 18.3 Å². The summed E-state index contributed by atoms with van der Waals surface area (Å²) in [6.07, 6.45) is 3.22. The molecule has 0 radical (unpaired) electrons. The molecule has 0 saturated carbocycles. The van der Waals surface area contributed by atoms with Crippen LogP contribution in [0, 0.1) is 0 Å². The highest BCUT2D eigenvalue weighted by Crippen LogP contribution is 2.48. The molecule has 11 nitrogen and oxygen atoms in total. The highest BCUT2D eigenvalue weighted by Gasteiger charge is 2.47. The summed E-state index contributed by atoms with van der Waals surface area (Å²) in [6, 6.07) is 0. The molecule has 0 amide bonds. The van der Waals surface area contributed by atoms with E-state index in [-0.39, 0.29) is 31.8 Å². The maximum atomic E-state index is 12.5. The van der Waals surface area contributed by atoms with Crippen LogP contribution in [0.5, 0.6) is 0 Å². The summed E-state index contributed by atoms with van der Waals surface area (Å²) in [4.78, 5) is 12.1. The summed E-state index contributed by atoms with van der Waals surface area (Å²) in [5.74, 6) is 0.203. The number of ether oxygens (including phenoxy) is 1. The van der Waals surface area contributed by atoms with E-state index < -0.39 is 25.5 Å². The van der Waals surface area contributed by atoms with Gasteiger partial charge in [-0.2, -0.15) is 0 Å². The van der Waals surface area contributed by atoms with E-state index in [4.69, 9.17) is 19.5 Å². The first kappa shape index (κ1) is 20.8. The van der Waals surface area contributed by atoms with Crippen molar-refractivity contribution < 1.29 is 28.6 Å². The first-order valence-electron chi connectivity index (χ1n) is 8.84. The lowest BCUT2D eigenvalue weighted by Crippen LogP contribution is -2.41. The number of aliphatic hydroxyl groups is 2. The van der Waals surface area contributed by atoms with Gasteiger partial charge in [0, 0.05) is 0 Å². The van der Waals surface area contributed by atoms with Crippen molar-refractivity contribution in [3.8, 4) is 0 Å². The zero-order valence-corrected chi connectivity index (χ0v) is 16.5. The number of imidazole rings is 1. The van der Waals surface area contributed by atoms with Crippen molar-refractivity contribution in [1.29, 1.82) is 0 Å². The quantitative estimate of drug-likeness (QED) is 0.419. The Balaban J connectivity index is 1.77. The molecule has 0 aromatic carbocycles. The molecule has 0 aliphatic carbocycles. The second-order valence-corrected chi connectivity index (χ2v) is 8.36. The number of nitrogen functional groups attached to an aromatic ring is 1. The minimum absolute atomic E-state index is 0.0356. The Morgan fingerprint density at radius 1 is 1.39 bits per heavy atom. The summed E-state index contributed by atoms with van der Waals surface area (Å²) in [5, 5.41) is 21.5. The van der Waals surface area contributed by atoms with Crippen LogP contribution in [0.4, 0.5) is 5.82 Å². The zero-order chi connectivity index (χ0) is 20.4. The molecule has 4 N–H and O–H groups in total. The Kier molecular flexibility index (Phi) is 6.13. The summed E-state index contributed by atoms with van der Waals surface area (Å²) < 4.78 is 30.0. The molecule has 154 valence electrons. The predicted octanol–water partition coefficient (Wildman–Crippen LogP) is 0.852. The number of hydrogen-bond acceptors (Lipinski definition) is 10. The molecule has 1 aliphatic rings. The number of fused-ring (bicyclic) bond motifs is 1. The van der Waals surface area contributed by atoms with Crippen LogP contribution in [-0.4, -0.2) is 67.4 Å². The number of rotatable bonds is 8. The highest BCUT2D eigenvalue weighted by atomic mass is 31.2. The minimum atomic E-state index is -3.29. The molecule has 0 bridgehead atoms. The zero-order valence-electron chi connectivity index (χ0n) is 15.6. The van der Waals surface area contributed by atoms with E-state index in [2.05, 4.69) is 15.0 Å². The lowest BCUT2D eigenvalue weighted by Gasteiger charge is -2.23. The predicted molar refractivity (Wildman–Crippen MR) is 101 cm³/mol. The summed E-state index contributed by atoms with van der Waals surface area (Å²) in [6.45, 7) is 3.73. The van der Waals surface area contributed by atoms with Gasteiger partial charge in [-0.15, -0.1) is 0 Å². The molecular formula is C16H24N5O6P. The van der Waals surface area contributed by atoms with Crippen molar-refractivity contribution in [3.63, 3.8) is 0 Å². The first-order valence-corrected chi connectivity index (χ1v) is 10.6. The molecular weight excluding hydrogens is 389 g/mol. The van der Waals surface area contributed by atoms with Crippen molar-refractivity contribution in [2.45, 2.75) is 31.8 Å². The van der Waals surface area contributed by atoms with Gasteiger partial charge in [0.15, 0.2) is 17.7 Å². The smallest absolute Gasteiger partial charge is 0.334 e. The number of hydrogen-bond donors (Lipinski definition) is 3. The van der Waals surface area contributed by atoms with Crippen LogP contribution in [0.15, 0.2) is 24.8 Å². The molecule has 12 heteroatoms. The monoisotopic (exact) mass is 413 g/mol. The van der Waals surface area contributed by atoms with E-state index in [1.807, 2.05) is 0 Å². The van der Waals surface area contributed by atoms with Crippen LogP contribution in [0.3, 0.4) is 0 Å². The fourth-order valence-corrected chi connectivity index (χ4v) is 4.44. The maximum Gasteiger partial charge on any atom is 0.334 e.